The van der Waals surface area contributed by atoms with Crippen LogP contribution in [0.2, 0.25) is 0 Å². The molecule has 1 aromatic rings. The summed E-state index contributed by atoms with van der Waals surface area (Å²) in [7, 11) is -4.00. The van der Waals surface area contributed by atoms with Crippen molar-refractivity contribution >= 4 is 10.1 Å². The van der Waals surface area contributed by atoms with Gasteiger partial charge in [-0.3, -0.25) is 4.55 Å². The summed E-state index contributed by atoms with van der Waals surface area (Å²) in [5.41, 5.74) is 0. The van der Waals surface area contributed by atoms with E-state index in [0.29, 0.717) is 0 Å². The zero-order valence-corrected chi connectivity index (χ0v) is 8.88. The van der Waals surface area contributed by atoms with Gasteiger partial charge in [0, 0.05) is 0 Å². The monoisotopic (exact) mass is 266 g/mol. The van der Waals surface area contributed by atoms with Crippen LogP contribution in [0.3, 0.4) is 0 Å². The molecule has 0 radical (unpaired) electrons. The third-order valence-electron chi connectivity index (χ3n) is 1.04. The normalized spacial score (nSPS) is 7.06. The number of rotatable bonds is 1. The van der Waals surface area contributed by atoms with Gasteiger partial charge in [-0.25, -0.2) is 0 Å². The van der Waals surface area contributed by atoms with Crippen LogP contribution in [0.25, 0.3) is 0 Å². The summed E-state index contributed by atoms with van der Waals surface area (Å²) < 4.78 is 29.2. The summed E-state index contributed by atoms with van der Waals surface area (Å²) in [4.78, 5) is -0.0741. The molecule has 0 aromatic heterocycles. The topological polar surface area (TPSA) is 243 Å². The molecule has 0 heterocycles. The lowest BCUT2D eigenvalue weighted by atomic mass is 10.4. The molecule has 0 atom stereocenters. The van der Waals surface area contributed by atoms with E-state index >= 15 is 0 Å². The molecule has 0 saturated carbocycles. The van der Waals surface area contributed by atoms with E-state index in [0.717, 1.165) is 0 Å². The Bertz CT molecular complexity index is 308. The van der Waals surface area contributed by atoms with Crippen LogP contribution in [0.1, 0.15) is 0 Å². The first-order valence-corrected chi connectivity index (χ1v) is 4.07. The summed E-state index contributed by atoms with van der Waals surface area (Å²) in [6.07, 6.45) is 0. The Kier molecular flexibility index (Phi) is 31.6. The van der Waals surface area contributed by atoms with Crippen molar-refractivity contribution in [3.05, 3.63) is 30.3 Å². The Morgan fingerprint density at radius 3 is 1.25 bits per heavy atom. The van der Waals surface area contributed by atoms with Crippen molar-refractivity contribution in [2.24, 2.45) is 0 Å². The fourth-order valence-electron chi connectivity index (χ4n) is 0.592. The zero-order chi connectivity index (χ0) is 7.61. The third kappa shape index (κ3) is 11.0. The van der Waals surface area contributed by atoms with Crippen molar-refractivity contribution in [3.8, 4) is 0 Å². The molecule has 10 heteroatoms. The molecule has 0 unspecified atom stereocenters. The lowest BCUT2D eigenvalue weighted by molar-refractivity contribution is 0.483. The Hall–Kier alpha value is -1.11. The molecular formula is C6H18O9S. The number of hydrogen-bond acceptors (Lipinski definition) is 2. The molecular weight excluding hydrogens is 248 g/mol. The van der Waals surface area contributed by atoms with Gasteiger partial charge < -0.3 is 32.9 Å². The highest BCUT2D eigenvalue weighted by Gasteiger charge is 2.05. The first kappa shape index (κ1) is 36.3. The number of hydrogen-bond donors (Lipinski definition) is 1. The molecule has 0 aliphatic heterocycles. The molecule has 0 saturated heterocycles. The van der Waals surface area contributed by atoms with E-state index in [2.05, 4.69) is 0 Å². The summed E-state index contributed by atoms with van der Waals surface area (Å²) in [6.45, 7) is 0. The van der Waals surface area contributed by atoms with Gasteiger partial charge >= 0.3 is 0 Å². The standard InChI is InChI=1S/C6H6O3S.6H2O/c7-10(8,9)6-4-2-1-3-5-6;;;;;;/h1-5H,(H,7,8,9);6*1H2. The summed E-state index contributed by atoms with van der Waals surface area (Å²) >= 11 is 0. The van der Waals surface area contributed by atoms with Gasteiger partial charge in [0.15, 0.2) is 0 Å². The smallest absolute Gasteiger partial charge is 0.294 e. The second kappa shape index (κ2) is 13.9. The quantitative estimate of drug-likeness (QED) is 0.499. The van der Waals surface area contributed by atoms with E-state index in [-0.39, 0.29) is 37.8 Å². The zero-order valence-electron chi connectivity index (χ0n) is 8.06. The van der Waals surface area contributed by atoms with Gasteiger partial charge in [0.2, 0.25) is 0 Å². The highest BCUT2D eigenvalue weighted by Crippen LogP contribution is 2.05. The van der Waals surface area contributed by atoms with Crippen LogP contribution in [0.15, 0.2) is 35.2 Å². The Morgan fingerprint density at radius 2 is 1.06 bits per heavy atom. The van der Waals surface area contributed by atoms with Crippen LogP contribution in [0.5, 0.6) is 0 Å². The molecule has 0 aliphatic rings. The Labute approximate surface area is 91.9 Å². The second-order valence-corrected chi connectivity index (χ2v) is 3.21. The summed E-state index contributed by atoms with van der Waals surface area (Å²) in [5.74, 6) is 0. The average Bonchev–Trinajstić information content (AvgIpc) is 1.88. The molecule has 16 heavy (non-hydrogen) atoms. The molecule has 0 fully saturated rings. The Morgan fingerprint density at radius 1 is 0.750 bits per heavy atom. The molecule has 102 valence electrons. The predicted molar refractivity (Wildman–Crippen MR) is 57.9 cm³/mol. The minimum absolute atomic E-state index is 0. The van der Waals surface area contributed by atoms with Crippen molar-refractivity contribution in [1.82, 2.24) is 0 Å². The van der Waals surface area contributed by atoms with Gasteiger partial charge in [-0.2, -0.15) is 8.42 Å². The summed E-state index contributed by atoms with van der Waals surface area (Å²) in [6, 6.07) is 7.42. The predicted octanol–water partition coefficient (Wildman–Crippen LogP) is -4.01. The lowest BCUT2D eigenvalue weighted by Gasteiger charge is -1.92. The van der Waals surface area contributed by atoms with Crippen LogP contribution in [-0.2, 0) is 10.1 Å². The first-order valence-electron chi connectivity index (χ1n) is 2.63. The molecule has 13 N–H and O–H groups in total. The molecule has 0 bridgehead atoms. The molecule has 9 nitrogen and oxygen atoms in total. The SMILES string of the molecule is O.O.O.O.O.O.O=S(=O)(O)c1ccccc1. The van der Waals surface area contributed by atoms with Crippen molar-refractivity contribution in [2.75, 3.05) is 0 Å². The maximum absolute atomic E-state index is 10.4. The summed E-state index contributed by atoms with van der Waals surface area (Å²) in [5, 5.41) is 0. The maximum Gasteiger partial charge on any atom is 0.294 e. The minimum atomic E-state index is -4.00. The van der Waals surface area contributed by atoms with Crippen LogP contribution < -0.4 is 0 Å². The van der Waals surface area contributed by atoms with Gasteiger partial charge in [0.25, 0.3) is 10.1 Å². The molecule has 0 spiro atoms. The van der Waals surface area contributed by atoms with E-state index in [1.807, 2.05) is 0 Å². The highest BCUT2D eigenvalue weighted by molar-refractivity contribution is 7.85. The van der Waals surface area contributed by atoms with Crippen LogP contribution in [-0.4, -0.2) is 45.8 Å². The average molecular weight is 266 g/mol. The first-order chi connectivity index (χ1) is 4.61. The van der Waals surface area contributed by atoms with Gasteiger partial charge in [-0.05, 0) is 12.1 Å². The van der Waals surface area contributed by atoms with Crippen LogP contribution >= 0.6 is 0 Å². The van der Waals surface area contributed by atoms with Crippen molar-refractivity contribution in [1.29, 1.82) is 0 Å². The third-order valence-corrected chi connectivity index (χ3v) is 1.91. The van der Waals surface area contributed by atoms with E-state index in [9.17, 15) is 8.42 Å². The maximum atomic E-state index is 10.4. The van der Waals surface area contributed by atoms with Crippen molar-refractivity contribution < 1.29 is 45.8 Å². The Balaban J connectivity index is -0.0000000417. The van der Waals surface area contributed by atoms with Gasteiger partial charge in [0.1, 0.15) is 0 Å². The molecule has 0 amide bonds. The van der Waals surface area contributed by atoms with E-state index in [4.69, 9.17) is 4.55 Å². The second-order valence-electron chi connectivity index (χ2n) is 1.79. The largest absolute Gasteiger partial charge is 0.412 e. The van der Waals surface area contributed by atoms with E-state index in [1.165, 1.54) is 12.1 Å². The van der Waals surface area contributed by atoms with Gasteiger partial charge in [0.05, 0.1) is 4.90 Å². The highest BCUT2D eigenvalue weighted by atomic mass is 32.2. The van der Waals surface area contributed by atoms with Crippen molar-refractivity contribution in [3.63, 3.8) is 0 Å². The van der Waals surface area contributed by atoms with Crippen molar-refractivity contribution in [2.45, 2.75) is 4.90 Å². The van der Waals surface area contributed by atoms with E-state index < -0.39 is 10.1 Å². The fraction of sp³-hybridized carbons (Fsp3) is 0. The molecule has 1 rings (SSSR count). The number of benzene rings is 1. The lowest BCUT2D eigenvalue weighted by Crippen LogP contribution is -1.96. The van der Waals surface area contributed by atoms with Crippen LogP contribution in [0.4, 0.5) is 0 Å². The minimum Gasteiger partial charge on any atom is -0.412 e. The molecule has 1 aromatic carbocycles. The fourth-order valence-corrected chi connectivity index (χ4v) is 1.09. The molecule has 0 aliphatic carbocycles. The van der Waals surface area contributed by atoms with Crippen LogP contribution in [0, 0.1) is 0 Å². The van der Waals surface area contributed by atoms with E-state index in [1.54, 1.807) is 18.2 Å². The van der Waals surface area contributed by atoms with Gasteiger partial charge in [-0.1, -0.05) is 18.2 Å². The van der Waals surface area contributed by atoms with Gasteiger partial charge in [-0.15, -0.1) is 0 Å².